The number of nitrogens with one attached hydrogen (secondary N) is 1. The molecule has 1 aromatic carbocycles. The van der Waals surface area contributed by atoms with Crippen LogP contribution in [0.1, 0.15) is 24.5 Å². The van der Waals surface area contributed by atoms with Crippen molar-refractivity contribution in [2.45, 2.75) is 33.3 Å². The molecule has 98 valence electrons. The zero-order valence-corrected chi connectivity index (χ0v) is 11.1. The summed E-state index contributed by atoms with van der Waals surface area (Å²) < 4.78 is 5.41. The molecule has 0 aromatic heterocycles. The van der Waals surface area contributed by atoms with Crippen molar-refractivity contribution in [3.63, 3.8) is 0 Å². The van der Waals surface area contributed by atoms with Crippen molar-refractivity contribution in [1.29, 1.82) is 0 Å². The van der Waals surface area contributed by atoms with Gasteiger partial charge in [0.2, 0.25) is 5.91 Å². The SMILES string of the molecule is Cc1cc(N)c(NC(=O)C2CCOC2C)cc1C. The second-order valence-corrected chi connectivity index (χ2v) is 4.98. The van der Waals surface area contributed by atoms with Gasteiger partial charge < -0.3 is 15.8 Å². The average Bonchev–Trinajstić information content (AvgIpc) is 2.72. The Hall–Kier alpha value is -1.55. The number of nitrogen functional groups attached to an aromatic ring is 1. The molecular weight excluding hydrogens is 228 g/mol. The largest absolute Gasteiger partial charge is 0.397 e. The summed E-state index contributed by atoms with van der Waals surface area (Å²) in [6.45, 7) is 6.60. The Morgan fingerprint density at radius 3 is 2.67 bits per heavy atom. The fraction of sp³-hybridized carbons (Fsp3) is 0.500. The van der Waals surface area contributed by atoms with E-state index in [1.54, 1.807) is 0 Å². The fourth-order valence-electron chi connectivity index (χ4n) is 2.25. The lowest BCUT2D eigenvalue weighted by atomic mass is 10.0. The first-order chi connectivity index (χ1) is 8.49. The monoisotopic (exact) mass is 248 g/mol. The molecule has 1 aliphatic rings. The molecule has 1 aromatic rings. The van der Waals surface area contributed by atoms with Gasteiger partial charge in [-0.1, -0.05) is 0 Å². The molecule has 2 unspecified atom stereocenters. The maximum absolute atomic E-state index is 12.1. The summed E-state index contributed by atoms with van der Waals surface area (Å²) in [7, 11) is 0. The van der Waals surface area contributed by atoms with E-state index in [4.69, 9.17) is 10.5 Å². The van der Waals surface area contributed by atoms with E-state index >= 15 is 0 Å². The number of hydrogen-bond donors (Lipinski definition) is 2. The first-order valence-electron chi connectivity index (χ1n) is 6.28. The van der Waals surface area contributed by atoms with Crippen LogP contribution in [0.2, 0.25) is 0 Å². The zero-order valence-electron chi connectivity index (χ0n) is 11.1. The van der Waals surface area contributed by atoms with Crippen molar-refractivity contribution in [2.75, 3.05) is 17.7 Å². The van der Waals surface area contributed by atoms with Gasteiger partial charge in [0.05, 0.1) is 23.4 Å². The number of nitrogens with two attached hydrogens (primary N) is 1. The smallest absolute Gasteiger partial charge is 0.230 e. The van der Waals surface area contributed by atoms with Crippen LogP contribution in [0.5, 0.6) is 0 Å². The molecule has 2 atom stereocenters. The standard InChI is InChI=1S/C14H20N2O2/c1-8-6-12(15)13(7-9(8)2)16-14(17)11-4-5-18-10(11)3/h6-7,10-11H,4-5,15H2,1-3H3,(H,16,17). The molecular formula is C14H20N2O2. The number of ether oxygens (including phenoxy) is 1. The van der Waals surface area contributed by atoms with Gasteiger partial charge >= 0.3 is 0 Å². The minimum atomic E-state index is -0.0778. The molecule has 0 saturated carbocycles. The van der Waals surface area contributed by atoms with Gasteiger partial charge in [-0.05, 0) is 50.5 Å². The van der Waals surface area contributed by atoms with Gasteiger partial charge in [0, 0.05) is 6.61 Å². The van der Waals surface area contributed by atoms with E-state index in [0.717, 1.165) is 17.5 Å². The number of carbonyl (C=O) groups excluding carboxylic acids is 1. The quantitative estimate of drug-likeness (QED) is 0.789. The lowest BCUT2D eigenvalue weighted by Crippen LogP contribution is -2.28. The Labute approximate surface area is 108 Å². The van der Waals surface area contributed by atoms with Gasteiger partial charge in [0.15, 0.2) is 0 Å². The number of rotatable bonds is 2. The van der Waals surface area contributed by atoms with Crippen molar-refractivity contribution >= 4 is 17.3 Å². The van der Waals surface area contributed by atoms with Gasteiger partial charge in [0.1, 0.15) is 0 Å². The molecule has 18 heavy (non-hydrogen) atoms. The third-order valence-electron chi connectivity index (χ3n) is 3.64. The summed E-state index contributed by atoms with van der Waals surface area (Å²) >= 11 is 0. The summed E-state index contributed by atoms with van der Waals surface area (Å²) in [6.07, 6.45) is 0.760. The van der Waals surface area contributed by atoms with Crippen LogP contribution in [0.15, 0.2) is 12.1 Å². The molecule has 1 fully saturated rings. The average molecular weight is 248 g/mol. The molecule has 1 aliphatic heterocycles. The molecule has 1 saturated heterocycles. The van der Waals surface area contributed by atoms with Crippen LogP contribution in [-0.2, 0) is 9.53 Å². The van der Waals surface area contributed by atoms with Crippen LogP contribution in [0.25, 0.3) is 0 Å². The molecule has 1 heterocycles. The predicted molar refractivity (Wildman–Crippen MR) is 72.5 cm³/mol. The molecule has 4 nitrogen and oxygen atoms in total. The number of hydrogen-bond acceptors (Lipinski definition) is 3. The Bertz CT molecular complexity index is 471. The van der Waals surface area contributed by atoms with Crippen LogP contribution >= 0.6 is 0 Å². The normalized spacial score (nSPS) is 23.1. The van der Waals surface area contributed by atoms with Crippen molar-refractivity contribution in [3.05, 3.63) is 23.3 Å². The second kappa shape index (κ2) is 4.98. The highest BCUT2D eigenvalue weighted by Gasteiger charge is 2.30. The van der Waals surface area contributed by atoms with E-state index in [0.29, 0.717) is 18.0 Å². The van der Waals surface area contributed by atoms with Crippen LogP contribution in [-0.4, -0.2) is 18.6 Å². The lowest BCUT2D eigenvalue weighted by molar-refractivity contribution is -0.121. The lowest BCUT2D eigenvalue weighted by Gasteiger charge is -2.16. The number of carbonyl (C=O) groups is 1. The Morgan fingerprint density at radius 2 is 2.06 bits per heavy atom. The molecule has 3 N–H and O–H groups in total. The maximum Gasteiger partial charge on any atom is 0.230 e. The van der Waals surface area contributed by atoms with Crippen LogP contribution < -0.4 is 11.1 Å². The van der Waals surface area contributed by atoms with E-state index in [1.807, 2.05) is 32.9 Å². The molecule has 1 amide bonds. The van der Waals surface area contributed by atoms with Crippen LogP contribution in [0, 0.1) is 19.8 Å². The second-order valence-electron chi connectivity index (χ2n) is 4.98. The van der Waals surface area contributed by atoms with Crippen molar-refractivity contribution in [3.8, 4) is 0 Å². The number of aryl methyl sites for hydroxylation is 2. The highest BCUT2D eigenvalue weighted by atomic mass is 16.5. The number of anilines is 2. The third kappa shape index (κ3) is 2.48. The number of amides is 1. The summed E-state index contributed by atoms with van der Waals surface area (Å²) in [5.41, 5.74) is 9.48. The van der Waals surface area contributed by atoms with E-state index < -0.39 is 0 Å². The first-order valence-corrected chi connectivity index (χ1v) is 6.28. The van der Waals surface area contributed by atoms with Gasteiger partial charge in [-0.25, -0.2) is 0 Å². The summed E-state index contributed by atoms with van der Waals surface area (Å²) in [6, 6.07) is 3.81. The van der Waals surface area contributed by atoms with Gasteiger partial charge in [-0.2, -0.15) is 0 Å². The van der Waals surface area contributed by atoms with Crippen molar-refractivity contribution in [2.24, 2.45) is 5.92 Å². The molecule has 0 aliphatic carbocycles. The molecule has 0 radical (unpaired) electrons. The van der Waals surface area contributed by atoms with Gasteiger partial charge in [0.25, 0.3) is 0 Å². The molecule has 4 heteroatoms. The van der Waals surface area contributed by atoms with Gasteiger partial charge in [-0.15, -0.1) is 0 Å². The predicted octanol–water partition coefficient (Wildman–Crippen LogP) is 2.25. The number of benzene rings is 1. The summed E-state index contributed by atoms with van der Waals surface area (Å²) in [4.78, 5) is 12.1. The third-order valence-corrected chi connectivity index (χ3v) is 3.64. The summed E-state index contributed by atoms with van der Waals surface area (Å²) in [5.74, 6) is -0.0824. The minimum absolute atomic E-state index is 0.00467. The van der Waals surface area contributed by atoms with E-state index in [1.165, 1.54) is 0 Å². The fourth-order valence-corrected chi connectivity index (χ4v) is 2.25. The van der Waals surface area contributed by atoms with Crippen LogP contribution in [0.3, 0.4) is 0 Å². The zero-order chi connectivity index (χ0) is 13.3. The highest BCUT2D eigenvalue weighted by Crippen LogP contribution is 2.26. The summed E-state index contributed by atoms with van der Waals surface area (Å²) in [5, 5.41) is 2.91. The molecule has 2 rings (SSSR count). The van der Waals surface area contributed by atoms with Gasteiger partial charge in [-0.3, -0.25) is 4.79 Å². The van der Waals surface area contributed by atoms with Crippen LogP contribution in [0.4, 0.5) is 11.4 Å². The topological polar surface area (TPSA) is 64.3 Å². The Kier molecular flexibility index (Phi) is 3.57. The van der Waals surface area contributed by atoms with E-state index in [-0.39, 0.29) is 17.9 Å². The molecule has 0 bridgehead atoms. The Balaban J connectivity index is 2.14. The highest BCUT2D eigenvalue weighted by molar-refractivity contribution is 5.96. The molecule has 0 spiro atoms. The van der Waals surface area contributed by atoms with E-state index in [2.05, 4.69) is 5.32 Å². The van der Waals surface area contributed by atoms with Crippen molar-refractivity contribution in [1.82, 2.24) is 0 Å². The minimum Gasteiger partial charge on any atom is -0.397 e. The maximum atomic E-state index is 12.1. The Morgan fingerprint density at radius 1 is 1.39 bits per heavy atom. The first kappa shape index (κ1) is 12.9. The van der Waals surface area contributed by atoms with Crippen molar-refractivity contribution < 1.29 is 9.53 Å². The van der Waals surface area contributed by atoms with E-state index in [9.17, 15) is 4.79 Å².